The summed E-state index contributed by atoms with van der Waals surface area (Å²) in [5, 5.41) is 22.4. The lowest BCUT2D eigenvalue weighted by atomic mass is 10.2. The lowest BCUT2D eigenvalue weighted by Crippen LogP contribution is -2.23. The second-order valence-electron chi connectivity index (χ2n) is 6.31. The zero-order valence-corrected chi connectivity index (χ0v) is 17.5. The Morgan fingerprint density at radius 2 is 2.00 bits per heavy atom. The van der Waals surface area contributed by atoms with Crippen molar-refractivity contribution in [1.82, 2.24) is 14.8 Å². The van der Waals surface area contributed by atoms with Gasteiger partial charge in [0.2, 0.25) is 5.91 Å². The maximum atomic E-state index is 12.7. The van der Waals surface area contributed by atoms with Crippen LogP contribution in [0, 0.1) is 10.1 Å². The minimum absolute atomic E-state index is 0.135. The van der Waals surface area contributed by atoms with Crippen LogP contribution in [0.25, 0.3) is 11.4 Å². The number of aromatic nitrogens is 3. The number of hydrogen-bond acceptors (Lipinski definition) is 7. The number of rotatable bonds is 8. The van der Waals surface area contributed by atoms with Crippen molar-refractivity contribution in [2.24, 2.45) is 0 Å². The Morgan fingerprint density at radius 3 is 2.63 bits per heavy atom. The standard InChI is InChI=1S/C20H21N5O4S/c1-4-24-18(14-8-6-5-7-9-14)22-23-20(24)30-13(2)19(26)21-16-12-15(25(27)28)10-11-17(16)29-3/h5-13H,4H2,1-3H3,(H,21,26). The molecule has 1 N–H and O–H groups in total. The summed E-state index contributed by atoms with van der Waals surface area (Å²) in [5.41, 5.74) is 1.05. The van der Waals surface area contributed by atoms with Crippen LogP contribution in [0.4, 0.5) is 11.4 Å². The maximum Gasteiger partial charge on any atom is 0.271 e. The minimum Gasteiger partial charge on any atom is -0.495 e. The van der Waals surface area contributed by atoms with Crippen molar-refractivity contribution >= 4 is 29.0 Å². The van der Waals surface area contributed by atoms with Gasteiger partial charge in [0, 0.05) is 24.2 Å². The molecule has 10 heteroatoms. The molecule has 1 heterocycles. The number of nitrogens with one attached hydrogen (secondary N) is 1. The molecule has 0 aliphatic carbocycles. The number of anilines is 1. The smallest absolute Gasteiger partial charge is 0.271 e. The molecule has 0 bridgehead atoms. The van der Waals surface area contributed by atoms with E-state index < -0.39 is 10.2 Å². The number of carbonyl (C=O) groups is 1. The van der Waals surface area contributed by atoms with Crippen LogP contribution in [0.1, 0.15) is 13.8 Å². The largest absolute Gasteiger partial charge is 0.495 e. The Bertz CT molecular complexity index is 1050. The molecule has 0 radical (unpaired) electrons. The van der Waals surface area contributed by atoms with Gasteiger partial charge in [0.1, 0.15) is 5.75 Å². The quantitative estimate of drug-likeness (QED) is 0.328. The number of thioether (sulfide) groups is 1. The van der Waals surface area contributed by atoms with E-state index in [9.17, 15) is 14.9 Å². The molecule has 1 amide bonds. The first kappa shape index (κ1) is 21.3. The minimum atomic E-state index is -0.526. The number of hydrogen-bond donors (Lipinski definition) is 1. The van der Waals surface area contributed by atoms with E-state index in [-0.39, 0.29) is 17.3 Å². The summed E-state index contributed by atoms with van der Waals surface area (Å²) >= 11 is 1.26. The third-order valence-corrected chi connectivity index (χ3v) is 5.45. The van der Waals surface area contributed by atoms with Crippen molar-refractivity contribution in [3.05, 3.63) is 58.6 Å². The Morgan fingerprint density at radius 1 is 1.27 bits per heavy atom. The second kappa shape index (κ2) is 9.40. The van der Waals surface area contributed by atoms with Gasteiger partial charge in [0.15, 0.2) is 11.0 Å². The van der Waals surface area contributed by atoms with Gasteiger partial charge in [-0.05, 0) is 19.9 Å². The lowest BCUT2D eigenvalue weighted by Gasteiger charge is -2.14. The van der Waals surface area contributed by atoms with E-state index in [0.29, 0.717) is 17.5 Å². The fourth-order valence-electron chi connectivity index (χ4n) is 2.81. The van der Waals surface area contributed by atoms with E-state index >= 15 is 0 Å². The van der Waals surface area contributed by atoms with Crippen LogP contribution >= 0.6 is 11.8 Å². The topological polar surface area (TPSA) is 112 Å². The van der Waals surface area contributed by atoms with Gasteiger partial charge in [-0.25, -0.2) is 0 Å². The molecule has 0 aliphatic heterocycles. The van der Waals surface area contributed by atoms with Crippen LogP contribution in [0.15, 0.2) is 53.7 Å². The van der Waals surface area contributed by atoms with E-state index in [2.05, 4.69) is 15.5 Å². The number of carbonyl (C=O) groups excluding carboxylic acids is 1. The summed E-state index contributed by atoms with van der Waals surface area (Å²) in [4.78, 5) is 23.2. The van der Waals surface area contributed by atoms with Crippen molar-refractivity contribution in [3.8, 4) is 17.1 Å². The van der Waals surface area contributed by atoms with Crippen molar-refractivity contribution in [3.63, 3.8) is 0 Å². The van der Waals surface area contributed by atoms with E-state index in [0.717, 1.165) is 11.4 Å². The average Bonchev–Trinajstić information content (AvgIpc) is 3.16. The first-order valence-corrected chi connectivity index (χ1v) is 10.1. The predicted octanol–water partition coefficient (Wildman–Crippen LogP) is 4.00. The van der Waals surface area contributed by atoms with Crippen LogP contribution in [0.3, 0.4) is 0 Å². The first-order chi connectivity index (χ1) is 14.4. The molecule has 3 rings (SSSR count). The summed E-state index contributed by atoms with van der Waals surface area (Å²) in [6, 6.07) is 13.7. The van der Waals surface area contributed by atoms with Crippen molar-refractivity contribution < 1.29 is 14.5 Å². The average molecular weight is 427 g/mol. The highest BCUT2D eigenvalue weighted by molar-refractivity contribution is 8.00. The Hall–Kier alpha value is -3.40. The SMILES string of the molecule is CCn1c(SC(C)C(=O)Nc2cc([N+](=O)[O-])ccc2OC)nnc1-c1ccccc1. The van der Waals surface area contributed by atoms with Gasteiger partial charge in [0.25, 0.3) is 5.69 Å². The van der Waals surface area contributed by atoms with Crippen molar-refractivity contribution in [2.45, 2.75) is 30.8 Å². The van der Waals surface area contributed by atoms with Gasteiger partial charge in [-0.1, -0.05) is 42.1 Å². The lowest BCUT2D eigenvalue weighted by molar-refractivity contribution is -0.384. The van der Waals surface area contributed by atoms with Gasteiger partial charge < -0.3 is 14.6 Å². The molecule has 0 spiro atoms. The molecule has 0 aliphatic rings. The van der Waals surface area contributed by atoms with Gasteiger partial charge >= 0.3 is 0 Å². The molecule has 1 aromatic heterocycles. The van der Waals surface area contributed by atoms with Gasteiger partial charge in [0.05, 0.1) is 23.0 Å². The molecule has 9 nitrogen and oxygen atoms in total. The number of nitrogens with zero attached hydrogens (tertiary/aromatic N) is 4. The van der Waals surface area contributed by atoms with E-state index in [4.69, 9.17) is 4.74 Å². The maximum absolute atomic E-state index is 12.7. The molecule has 156 valence electrons. The fraction of sp³-hybridized carbons (Fsp3) is 0.250. The summed E-state index contributed by atoms with van der Waals surface area (Å²) in [6.45, 7) is 4.37. The van der Waals surface area contributed by atoms with Gasteiger partial charge in [-0.3, -0.25) is 14.9 Å². The predicted molar refractivity (Wildman–Crippen MR) is 115 cm³/mol. The third-order valence-electron chi connectivity index (χ3n) is 4.37. The normalized spacial score (nSPS) is 11.7. The van der Waals surface area contributed by atoms with Gasteiger partial charge in [-0.15, -0.1) is 10.2 Å². The Balaban J connectivity index is 1.78. The Kier molecular flexibility index (Phi) is 6.68. The van der Waals surface area contributed by atoms with Gasteiger partial charge in [-0.2, -0.15) is 0 Å². The summed E-state index contributed by atoms with van der Waals surface area (Å²) < 4.78 is 7.14. The number of methoxy groups -OCH3 is 1. The first-order valence-electron chi connectivity index (χ1n) is 9.23. The molecule has 3 aromatic rings. The molecule has 0 fully saturated rings. The zero-order chi connectivity index (χ0) is 21.7. The number of benzene rings is 2. The Labute approximate surface area is 177 Å². The fourth-order valence-corrected chi connectivity index (χ4v) is 3.73. The monoisotopic (exact) mass is 427 g/mol. The van der Waals surface area contributed by atoms with Crippen LogP contribution in [-0.2, 0) is 11.3 Å². The number of non-ortho nitro benzene ring substituents is 1. The molecule has 1 atom stereocenters. The van der Waals surface area contributed by atoms with Crippen molar-refractivity contribution in [2.75, 3.05) is 12.4 Å². The number of ether oxygens (including phenoxy) is 1. The number of amides is 1. The third kappa shape index (κ3) is 4.60. The highest BCUT2D eigenvalue weighted by atomic mass is 32.2. The second-order valence-corrected chi connectivity index (χ2v) is 7.62. The zero-order valence-electron chi connectivity index (χ0n) is 16.7. The summed E-state index contributed by atoms with van der Waals surface area (Å²) in [5.74, 6) is 0.744. The molecule has 1 unspecified atom stereocenters. The molecule has 30 heavy (non-hydrogen) atoms. The van der Waals surface area contributed by atoms with Crippen molar-refractivity contribution in [1.29, 1.82) is 0 Å². The summed E-state index contributed by atoms with van der Waals surface area (Å²) in [7, 11) is 1.43. The summed E-state index contributed by atoms with van der Waals surface area (Å²) in [6.07, 6.45) is 0. The molecular weight excluding hydrogens is 406 g/mol. The molecule has 0 saturated heterocycles. The molecule has 0 saturated carbocycles. The molecule has 2 aromatic carbocycles. The number of nitro groups is 1. The van der Waals surface area contributed by atoms with Crippen LogP contribution in [0.5, 0.6) is 5.75 Å². The van der Waals surface area contributed by atoms with E-state index in [1.54, 1.807) is 6.92 Å². The van der Waals surface area contributed by atoms with Crippen LogP contribution < -0.4 is 10.1 Å². The highest BCUT2D eigenvalue weighted by Gasteiger charge is 2.22. The van der Waals surface area contributed by atoms with Crippen LogP contribution in [0.2, 0.25) is 0 Å². The van der Waals surface area contributed by atoms with E-state index in [1.807, 2.05) is 41.8 Å². The molecular formula is C20H21N5O4S. The van der Waals surface area contributed by atoms with E-state index in [1.165, 1.54) is 37.1 Å². The highest BCUT2D eigenvalue weighted by Crippen LogP contribution is 2.31. The number of nitro benzene ring substituents is 1. The van der Waals surface area contributed by atoms with Crippen LogP contribution in [-0.4, -0.2) is 38.0 Å².